The maximum atomic E-state index is 13.6. The fourth-order valence-electron chi connectivity index (χ4n) is 5.28. The Morgan fingerprint density at radius 3 is 2.51 bits per heavy atom. The largest absolute Gasteiger partial charge is 0.477 e. The van der Waals surface area contributed by atoms with Gasteiger partial charge >= 0.3 is 30.0 Å². The van der Waals surface area contributed by atoms with Gasteiger partial charge < -0.3 is 35.6 Å². The maximum Gasteiger partial charge on any atom is 0.427 e. The molecule has 0 spiro atoms. The molecule has 55 heavy (non-hydrogen) atoms. The molecule has 24 heteroatoms. The van der Waals surface area contributed by atoms with Gasteiger partial charge in [-0.25, -0.2) is 29.4 Å². The van der Waals surface area contributed by atoms with Crippen LogP contribution in [0.4, 0.5) is 9.93 Å². The van der Waals surface area contributed by atoms with Crippen LogP contribution in [0.3, 0.4) is 0 Å². The first-order valence-electron chi connectivity index (χ1n) is 15.5. The van der Waals surface area contributed by atoms with Crippen molar-refractivity contribution in [3.8, 4) is 11.5 Å². The van der Waals surface area contributed by atoms with Crippen LogP contribution in [-0.2, 0) is 28.8 Å². The maximum absolute atomic E-state index is 13.6. The SMILES string of the molecule is CC(=O)Oc1ccc(C(=O)ON=C(C(=O)N[C@@H]2C(=O)N3C(C(=O)O)=C(CSC4=CC(C)=NC5=CN(C(=O)O)NN54)CS[C@H]23)c2csc(N)n2)cc1OC(C)=O. The summed E-state index contributed by atoms with van der Waals surface area (Å²) in [7, 11) is 0. The lowest BCUT2D eigenvalue weighted by Gasteiger charge is -2.49. The molecular weight excluding hydrogens is 787 g/mol. The fraction of sp³-hybridized carbons (Fsp3) is 0.226. The van der Waals surface area contributed by atoms with Gasteiger partial charge in [0, 0.05) is 36.4 Å². The monoisotopic (exact) mass is 813 g/mol. The minimum absolute atomic E-state index is 0.0442. The van der Waals surface area contributed by atoms with Crippen LogP contribution in [-0.4, -0.2) is 106 Å². The average molecular weight is 814 g/mol. The topological polar surface area (TPSA) is 285 Å². The number of fused-ring (bicyclic) bond motifs is 2. The Morgan fingerprint density at radius 1 is 1.13 bits per heavy atom. The zero-order valence-electron chi connectivity index (χ0n) is 28.5. The standard InChI is InChI=1S/C31H27N9O12S3/c1-12-6-21(40-20(33-12)8-38(37-40)31(48)49)53-9-16-10-54-27-23(26(44)39(27)24(16)28(45)46)35-25(43)22(17-11-55-30(32)34-17)36-52-29(47)15-4-5-18(50-13(2)41)19(7-15)51-14(3)42/h4-8,11,23,27,37H,9-10H2,1-3H3,(H2,32,34)(H,35,43)(H,45,46)(H,48,49)/t23-,27-/m1/s1. The van der Waals surface area contributed by atoms with E-state index >= 15 is 0 Å². The molecule has 4 aliphatic rings. The molecule has 1 aromatic heterocycles. The van der Waals surface area contributed by atoms with E-state index in [1.54, 1.807) is 13.0 Å². The summed E-state index contributed by atoms with van der Waals surface area (Å²) < 4.78 is 10.0. The number of aliphatic carboxylic acids is 1. The Hall–Kier alpha value is -6.24. The van der Waals surface area contributed by atoms with Crippen molar-refractivity contribution in [2.75, 3.05) is 17.2 Å². The summed E-state index contributed by atoms with van der Waals surface area (Å²) in [6.07, 6.45) is 1.71. The van der Waals surface area contributed by atoms with Crippen molar-refractivity contribution in [3.05, 3.63) is 69.2 Å². The molecule has 1 aromatic carbocycles. The lowest BCUT2D eigenvalue weighted by atomic mass is 10.0. The summed E-state index contributed by atoms with van der Waals surface area (Å²) in [6, 6.07) is 2.23. The number of hydrogen-bond acceptors (Lipinski definition) is 19. The van der Waals surface area contributed by atoms with Gasteiger partial charge in [0.2, 0.25) is 0 Å². The molecule has 1 saturated heterocycles. The summed E-state index contributed by atoms with van der Waals surface area (Å²) >= 11 is 3.36. The molecule has 0 bridgehead atoms. The Bertz CT molecular complexity index is 2210. The van der Waals surface area contributed by atoms with Crippen LogP contribution in [0.1, 0.15) is 36.8 Å². The number of thiazole rings is 1. The minimum atomic E-state index is -1.36. The van der Waals surface area contributed by atoms with E-state index in [-0.39, 0.29) is 45.1 Å². The third-order valence-corrected chi connectivity index (χ3v) is 10.7. The number of amides is 3. The third-order valence-electron chi connectivity index (χ3n) is 7.55. The van der Waals surface area contributed by atoms with Crippen LogP contribution in [0.15, 0.2) is 68.1 Å². The Kier molecular flexibility index (Phi) is 10.9. The van der Waals surface area contributed by atoms with Crippen molar-refractivity contribution in [2.45, 2.75) is 32.2 Å². The quantitative estimate of drug-likeness (QED) is 0.0536. The number of thioether (sulfide) groups is 2. The van der Waals surface area contributed by atoms with Gasteiger partial charge in [0.05, 0.1) is 16.8 Å². The van der Waals surface area contributed by atoms with Crippen LogP contribution in [0, 0.1) is 0 Å². The molecule has 0 aliphatic carbocycles. The van der Waals surface area contributed by atoms with E-state index in [0.29, 0.717) is 22.1 Å². The van der Waals surface area contributed by atoms with Gasteiger partial charge in [-0.3, -0.25) is 24.1 Å². The lowest BCUT2D eigenvalue weighted by Crippen LogP contribution is -2.71. The summed E-state index contributed by atoms with van der Waals surface area (Å²) in [5.74, 6) is -5.52. The molecule has 1 fully saturated rings. The predicted octanol–water partition coefficient (Wildman–Crippen LogP) is 1.44. The van der Waals surface area contributed by atoms with E-state index in [9.17, 15) is 43.8 Å². The summed E-state index contributed by atoms with van der Waals surface area (Å²) in [5.41, 5.74) is 8.31. The number of benzene rings is 1. The number of ether oxygens (including phenoxy) is 2. The number of esters is 2. The van der Waals surface area contributed by atoms with E-state index in [2.05, 4.69) is 26.0 Å². The zero-order valence-corrected chi connectivity index (χ0v) is 30.9. The second-order valence-electron chi connectivity index (χ2n) is 11.5. The van der Waals surface area contributed by atoms with E-state index in [1.165, 1.54) is 52.2 Å². The smallest absolute Gasteiger partial charge is 0.427 e. The second kappa shape index (κ2) is 15.6. The second-order valence-corrected chi connectivity index (χ2v) is 14.4. The number of nitrogens with two attached hydrogens (primary N) is 1. The van der Waals surface area contributed by atoms with Crippen LogP contribution in [0.5, 0.6) is 11.5 Å². The van der Waals surface area contributed by atoms with Crippen molar-refractivity contribution >= 4 is 93.2 Å². The Balaban J connectivity index is 1.17. The number of carbonyl (C=O) groups excluding carboxylic acids is 5. The zero-order chi connectivity index (χ0) is 39.7. The van der Waals surface area contributed by atoms with Crippen LogP contribution >= 0.6 is 34.9 Å². The van der Waals surface area contributed by atoms with Gasteiger partial charge in [0.1, 0.15) is 22.8 Å². The number of nitrogen functional groups attached to an aromatic ring is 1. The number of hydrogen-bond donors (Lipinski definition) is 5. The first-order chi connectivity index (χ1) is 26.1. The third kappa shape index (κ3) is 8.15. The van der Waals surface area contributed by atoms with Gasteiger partial charge in [-0.05, 0) is 36.8 Å². The van der Waals surface area contributed by atoms with E-state index in [0.717, 1.165) is 41.2 Å². The van der Waals surface area contributed by atoms with Crippen molar-refractivity contribution in [3.63, 3.8) is 0 Å². The highest BCUT2D eigenvalue weighted by Gasteiger charge is 2.54. The van der Waals surface area contributed by atoms with Gasteiger partial charge in [0.15, 0.2) is 28.2 Å². The Labute approximate surface area is 321 Å². The number of nitrogens with one attached hydrogen (secondary N) is 2. The molecule has 0 saturated carbocycles. The van der Waals surface area contributed by atoms with Gasteiger partial charge in [0.25, 0.3) is 11.8 Å². The molecule has 0 radical (unpaired) electrons. The molecule has 6 rings (SSSR count). The predicted molar refractivity (Wildman–Crippen MR) is 194 cm³/mol. The van der Waals surface area contributed by atoms with Crippen molar-refractivity contribution in [1.82, 2.24) is 30.8 Å². The molecule has 5 heterocycles. The van der Waals surface area contributed by atoms with Crippen LogP contribution in [0.2, 0.25) is 0 Å². The van der Waals surface area contributed by atoms with E-state index in [1.807, 2.05) is 0 Å². The molecule has 286 valence electrons. The first-order valence-corrected chi connectivity index (χ1v) is 18.4. The first kappa shape index (κ1) is 38.5. The Morgan fingerprint density at radius 2 is 1.85 bits per heavy atom. The number of rotatable bonds is 11. The van der Waals surface area contributed by atoms with Crippen molar-refractivity contribution in [1.29, 1.82) is 0 Å². The number of β-lactam (4-membered cyclic amide) rings is 1. The van der Waals surface area contributed by atoms with E-state index < -0.39 is 58.9 Å². The number of hydrazine groups is 2. The van der Waals surface area contributed by atoms with Gasteiger partial charge in [-0.15, -0.1) is 40.4 Å². The van der Waals surface area contributed by atoms with Gasteiger partial charge in [-0.2, -0.15) is 5.01 Å². The molecule has 2 aromatic rings. The minimum Gasteiger partial charge on any atom is -0.477 e. The molecule has 3 amide bonds. The number of aromatic nitrogens is 1. The number of carboxylic acids is 1. The van der Waals surface area contributed by atoms with Crippen LogP contribution < -0.4 is 26.1 Å². The van der Waals surface area contributed by atoms with E-state index in [4.69, 9.17) is 20.0 Å². The highest BCUT2D eigenvalue weighted by molar-refractivity contribution is 8.03. The highest BCUT2D eigenvalue weighted by Crippen LogP contribution is 2.42. The summed E-state index contributed by atoms with van der Waals surface area (Å²) in [6.45, 7) is 3.94. The molecular formula is C31H27N9O12S3. The lowest BCUT2D eigenvalue weighted by molar-refractivity contribution is -0.150. The molecule has 6 N–H and O–H groups in total. The number of anilines is 1. The summed E-state index contributed by atoms with van der Waals surface area (Å²) in [4.78, 5) is 101. The number of aliphatic imine (C=N–C) groups is 1. The number of carboxylic acid groups (broad SMARTS) is 2. The molecule has 21 nitrogen and oxygen atoms in total. The normalized spacial score (nSPS) is 19.0. The number of oxime groups is 1. The molecule has 0 unspecified atom stereocenters. The number of nitrogens with zero attached hydrogens (tertiary/aromatic N) is 6. The average Bonchev–Trinajstić information content (AvgIpc) is 3.75. The van der Waals surface area contributed by atoms with Gasteiger partial charge in [-0.1, -0.05) is 5.16 Å². The molecule has 2 atom stereocenters. The number of carbonyl (C=O) groups is 7. The molecule has 4 aliphatic heterocycles. The fourth-order valence-corrected chi connectivity index (χ4v) is 8.38. The highest BCUT2D eigenvalue weighted by atomic mass is 32.2. The van der Waals surface area contributed by atoms with Crippen molar-refractivity contribution < 1.29 is 58.1 Å². The van der Waals surface area contributed by atoms with Crippen molar-refractivity contribution in [2.24, 2.45) is 10.1 Å². The van der Waals surface area contributed by atoms with Crippen LogP contribution in [0.25, 0.3) is 0 Å². The number of allylic oxidation sites excluding steroid dienone is 1. The summed E-state index contributed by atoms with van der Waals surface area (Å²) in [5, 5.41) is 29.1.